The second kappa shape index (κ2) is 9.72. The molecule has 5 rings (SSSR count). The molecule has 0 saturated carbocycles. The molecule has 2 amide bonds. The first-order chi connectivity index (χ1) is 16.6. The van der Waals surface area contributed by atoms with Crippen LogP contribution in [-0.4, -0.2) is 42.3 Å². The van der Waals surface area contributed by atoms with Crippen molar-refractivity contribution in [3.63, 3.8) is 0 Å². The van der Waals surface area contributed by atoms with E-state index in [4.69, 9.17) is 14.5 Å². The van der Waals surface area contributed by atoms with Gasteiger partial charge in [-0.2, -0.15) is 0 Å². The Balaban J connectivity index is 1.23. The summed E-state index contributed by atoms with van der Waals surface area (Å²) in [6.45, 7) is 2.95. The Kier molecular flexibility index (Phi) is 6.17. The molecule has 2 N–H and O–H groups in total. The monoisotopic (exact) mass is 459 g/mol. The largest absolute Gasteiger partial charge is 0.457 e. The molecule has 172 valence electrons. The third kappa shape index (κ3) is 5.21. The topological polar surface area (TPSA) is 88.6 Å². The third-order valence-corrected chi connectivity index (χ3v) is 5.29. The predicted molar refractivity (Wildman–Crippen MR) is 128 cm³/mol. The molecule has 0 bridgehead atoms. The first kappa shape index (κ1) is 21.6. The van der Waals surface area contributed by atoms with Crippen molar-refractivity contribution in [1.29, 1.82) is 0 Å². The highest BCUT2D eigenvalue weighted by Gasteiger charge is 2.13. The molecule has 0 atom stereocenters. The van der Waals surface area contributed by atoms with Gasteiger partial charge in [0.1, 0.15) is 23.1 Å². The van der Waals surface area contributed by atoms with Crippen LogP contribution in [0.1, 0.15) is 0 Å². The number of ether oxygens (including phenoxy) is 2. The van der Waals surface area contributed by atoms with Gasteiger partial charge in [0.25, 0.3) is 0 Å². The molecular weight excluding hydrogens is 437 g/mol. The van der Waals surface area contributed by atoms with E-state index in [0.29, 0.717) is 36.1 Å². The maximum atomic E-state index is 13.0. The van der Waals surface area contributed by atoms with E-state index in [1.54, 1.807) is 30.5 Å². The molecule has 1 aliphatic rings. The van der Waals surface area contributed by atoms with Gasteiger partial charge in [0, 0.05) is 30.5 Å². The van der Waals surface area contributed by atoms with Crippen LogP contribution in [-0.2, 0) is 4.74 Å². The van der Waals surface area contributed by atoms with Crippen molar-refractivity contribution in [2.75, 3.05) is 41.8 Å². The summed E-state index contributed by atoms with van der Waals surface area (Å²) in [5.74, 6) is 1.71. The van der Waals surface area contributed by atoms with Gasteiger partial charge in [-0.3, -0.25) is 4.98 Å². The number of carbonyl (C=O) groups excluding carboxylic acids is 1. The van der Waals surface area contributed by atoms with Gasteiger partial charge in [-0.15, -0.1) is 0 Å². The van der Waals surface area contributed by atoms with Crippen LogP contribution in [0, 0.1) is 5.82 Å². The number of halogens is 1. The van der Waals surface area contributed by atoms with Crippen LogP contribution in [0.5, 0.6) is 11.5 Å². The highest BCUT2D eigenvalue weighted by atomic mass is 19.1. The van der Waals surface area contributed by atoms with Crippen LogP contribution in [0.4, 0.5) is 26.4 Å². The minimum absolute atomic E-state index is 0.363. The van der Waals surface area contributed by atoms with Gasteiger partial charge in [-0.05, 0) is 60.7 Å². The SMILES string of the molecule is O=C(Nc1ccc(F)cc1)Nc1ccc(Oc2ccc3ncc(N4CCOCC4)nc3c2)cc1. The quantitative estimate of drug-likeness (QED) is 0.435. The number of urea groups is 1. The summed E-state index contributed by atoms with van der Waals surface area (Å²) >= 11 is 0. The fraction of sp³-hybridized carbons (Fsp3) is 0.160. The Morgan fingerprint density at radius 1 is 0.882 bits per heavy atom. The van der Waals surface area contributed by atoms with Crippen LogP contribution in [0.15, 0.2) is 72.9 Å². The fourth-order valence-electron chi connectivity index (χ4n) is 3.56. The van der Waals surface area contributed by atoms with Crippen molar-refractivity contribution in [3.8, 4) is 11.5 Å². The van der Waals surface area contributed by atoms with Crippen LogP contribution in [0.25, 0.3) is 11.0 Å². The van der Waals surface area contributed by atoms with Crippen LogP contribution >= 0.6 is 0 Å². The molecule has 3 aromatic carbocycles. The van der Waals surface area contributed by atoms with Crippen LogP contribution < -0.4 is 20.3 Å². The molecule has 1 saturated heterocycles. The van der Waals surface area contributed by atoms with Crippen molar-refractivity contribution in [3.05, 3.63) is 78.7 Å². The number of rotatable bonds is 5. The van der Waals surface area contributed by atoms with E-state index in [1.165, 1.54) is 24.3 Å². The number of carbonyl (C=O) groups is 1. The minimum atomic E-state index is -0.426. The molecule has 2 heterocycles. The van der Waals surface area contributed by atoms with Gasteiger partial charge >= 0.3 is 6.03 Å². The molecule has 0 aliphatic carbocycles. The van der Waals surface area contributed by atoms with Gasteiger partial charge in [0.05, 0.1) is 30.4 Å². The molecular formula is C25H22FN5O3. The molecule has 4 aromatic rings. The normalized spacial score (nSPS) is 13.5. The zero-order valence-corrected chi connectivity index (χ0v) is 18.2. The van der Waals surface area contributed by atoms with Crippen molar-refractivity contribution < 1.29 is 18.7 Å². The zero-order chi connectivity index (χ0) is 23.3. The summed E-state index contributed by atoms with van der Waals surface area (Å²) in [5.41, 5.74) is 2.62. The van der Waals surface area contributed by atoms with Crippen molar-refractivity contribution >= 4 is 34.3 Å². The lowest BCUT2D eigenvalue weighted by Gasteiger charge is -2.27. The fourth-order valence-corrected chi connectivity index (χ4v) is 3.56. The predicted octanol–water partition coefficient (Wildman–Crippen LogP) is 5.04. The summed E-state index contributed by atoms with van der Waals surface area (Å²) in [4.78, 5) is 23.5. The van der Waals surface area contributed by atoms with E-state index in [-0.39, 0.29) is 5.82 Å². The summed E-state index contributed by atoms with van der Waals surface area (Å²) < 4.78 is 24.4. The van der Waals surface area contributed by atoms with Gasteiger partial charge in [0.2, 0.25) is 0 Å². The Hall–Kier alpha value is -4.24. The first-order valence-corrected chi connectivity index (χ1v) is 10.8. The number of nitrogens with zero attached hydrogens (tertiary/aromatic N) is 3. The average Bonchev–Trinajstić information content (AvgIpc) is 2.87. The highest BCUT2D eigenvalue weighted by Crippen LogP contribution is 2.26. The van der Waals surface area contributed by atoms with Crippen molar-refractivity contribution in [2.24, 2.45) is 0 Å². The van der Waals surface area contributed by atoms with Crippen LogP contribution in [0.2, 0.25) is 0 Å². The number of anilines is 3. The number of amides is 2. The maximum Gasteiger partial charge on any atom is 0.323 e. The molecule has 0 spiro atoms. The third-order valence-electron chi connectivity index (χ3n) is 5.29. The standard InChI is InChI=1S/C25H22FN5O3/c26-17-1-3-18(4-2-17)28-25(32)29-19-5-7-20(8-6-19)34-21-9-10-22-23(15-21)30-24(16-27-22)31-11-13-33-14-12-31/h1-10,15-16H,11-14H2,(H2,28,29,32). The van der Waals surface area contributed by atoms with E-state index in [1.807, 2.05) is 18.2 Å². The first-order valence-electron chi connectivity index (χ1n) is 10.8. The summed E-state index contributed by atoms with van der Waals surface area (Å²) in [5, 5.41) is 5.37. The Morgan fingerprint density at radius 3 is 2.24 bits per heavy atom. The lowest BCUT2D eigenvalue weighted by molar-refractivity contribution is 0.122. The number of morpholine rings is 1. The highest BCUT2D eigenvalue weighted by molar-refractivity contribution is 5.99. The number of fused-ring (bicyclic) bond motifs is 1. The lowest BCUT2D eigenvalue weighted by Crippen LogP contribution is -2.36. The number of hydrogen-bond donors (Lipinski definition) is 2. The van der Waals surface area contributed by atoms with Crippen LogP contribution in [0.3, 0.4) is 0 Å². The summed E-state index contributed by atoms with van der Waals surface area (Å²) in [7, 11) is 0. The average molecular weight is 459 g/mol. The molecule has 8 nitrogen and oxygen atoms in total. The van der Waals surface area contributed by atoms with E-state index in [2.05, 4.69) is 20.5 Å². The molecule has 1 fully saturated rings. The second-order valence-electron chi connectivity index (χ2n) is 7.69. The summed E-state index contributed by atoms with van der Waals surface area (Å²) in [6, 6.07) is 17.7. The van der Waals surface area contributed by atoms with Gasteiger partial charge in [-0.25, -0.2) is 14.2 Å². The molecule has 1 aliphatic heterocycles. The Bertz CT molecular complexity index is 1290. The Labute approximate surface area is 195 Å². The molecule has 0 radical (unpaired) electrons. The number of nitrogens with one attached hydrogen (secondary N) is 2. The zero-order valence-electron chi connectivity index (χ0n) is 18.2. The van der Waals surface area contributed by atoms with E-state index in [0.717, 1.165) is 29.9 Å². The maximum absolute atomic E-state index is 13.0. The van der Waals surface area contributed by atoms with Gasteiger partial charge < -0.3 is 25.0 Å². The molecule has 9 heteroatoms. The smallest absolute Gasteiger partial charge is 0.323 e. The second-order valence-corrected chi connectivity index (χ2v) is 7.69. The molecule has 1 aromatic heterocycles. The van der Waals surface area contributed by atoms with Crippen molar-refractivity contribution in [2.45, 2.75) is 0 Å². The van der Waals surface area contributed by atoms with E-state index < -0.39 is 6.03 Å². The minimum Gasteiger partial charge on any atom is -0.457 e. The van der Waals surface area contributed by atoms with E-state index in [9.17, 15) is 9.18 Å². The Morgan fingerprint density at radius 2 is 1.53 bits per heavy atom. The number of benzene rings is 3. The number of hydrogen-bond acceptors (Lipinski definition) is 6. The molecule has 34 heavy (non-hydrogen) atoms. The van der Waals surface area contributed by atoms with Gasteiger partial charge in [-0.1, -0.05) is 0 Å². The lowest BCUT2D eigenvalue weighted by atomic mass is 10.2. The number of aromatic nitrogens is 2. The van der Waals surface area contributed by atoms with Crippen molar-refractivity contribution in [1.82, 2.24) is 9.97 Å². The molecule has 0 unspecified atom stereocenters. The van der Waals surface area contributed by atoms with Gasteiger partial charge in [0.15, 0.2) is 0 Å². The van der Waals surface area contributed by atoms with E-state index >= 15 is 0 Å². The summed E-state index contributed by atoms with van der Waals surface area (Å²) in [6.07, 6.45) is 1.78.